The van der Waals surface area contributed by atoms with Crippen molar-refractivity contribution in [1.29, 1.82) is 0 Å². The van der Waals surface area contributed by atoms with Gasteiger partial charge in [-0.05, 0) is 30.7 Å². The molecule has 1 unspecified atom stereocenters. The lowest BCUT2D eigenvalue weighted by Gasteiger charge is -2.32. The molecule has 7 heteroatoms. The zero-order chi connectivity index (χ0) is 15.7. The van der Waals surface area contributed by atoms with Gasteiger partial charge in [-0.15, -0.1) is 12.4 Å². The first-order chi connectivity index (χ1) is 10.6. The van der Waals surface area contributed by atoms with E-state index in [0.717, 1.165) is 23.0 Å². The van der Waals surface area contributed by atoms with Crippen LogP contribution < -0.4 is 5.32 Å². The van der Waals surface area contributed by atoms with Crippen LogP contribution in [0.1, 0.15) is 22.7 Å². The highest BCUT2D eigenvalue weighted by molar-refractivity contribution is 9.10. The Bertz CT molecular complexity index is 703. The van der Waals surface area contributed by atoms with Gasteiger partial charge in [0.2, 0.25) is 5.91 Å². The van der Waals surface area contributed by atoms with Crippen LogP contribution in [0.25, 0.3) is 0 Å². The number of hydrogen-bond acceptors (Lipinski definition) is 3. The van der Waals surface area contributed by atoms with Gasteiger partial charge in [-0.1, -0.05) is 28.1 Å². The van der Waals surface area contributed by atoms with E-state index in [9.17, 15) is 4.79 Å². The van der Waals surface area contributed by atoms with Crippen LogP contribution in [-0.2, 0) is 24.8 Å². The van der Waals surface area contributed by atoms with Crippen molar-refractivity contribution in [2.75, 3.05) is 13.6 Å². The smallest absolute Gasteiger partial charge is 0.244 e. The summed E-state index contributed by atoms with van der Waals surface area (Å²) in [4.78, 5) is 14.8. The van der Waals surface area contributed by atoms with Gasteiger partial charge in [0.15, 0.2) is 0 Å². The highest BCUT2D eigenvalue weighted by atomic mass is 79.9. The second kappa shape index (κ2) is 7.47. The van der Waals surface area contributed by atoms with Crippen LogP contribution in [0.2, 0.25) is 0 Å². The Kier molecular flexibility index (Phi) is 5.84. The highest BCUT2D eigenvalue weighted by Crippen LogP contribution is 2.27. The van der Waals surface area contributed by atoms with Gasteiger partial charge in [0.05, 0.1) is 6.20 Å². The van der Waals surface area contributed by atoms with E-state index in [4.69, 9.17) is 0 Å². The summed E-state index contributed by atoms with van der Waals surface area (Å²) in [5, 5.41) is 7.27. The number of amides is 1. The maximum atomic E-state index is 12.8. The third-order valence-electron chi connectivity index (χ3n) is 4.11. The topological polar surface area (TPSA) is 50.2 Å². The van der Waals surface area contributed by atoms with Crippen molar-refractivity contribution in [1.82, 2.24) is 20.0 Å². The molecule has 1 aromatic carbocycles. The number of nitrogens with one attached hydrogen (secondary N) is 1. The number of nitrogens with zero attached hydrogens (tertiary/aromatic N) is 3. The summed E-state index contributed by atoms with van der Waals surface area (Å²) >= 11 is 3.59. The minimum Gasteiger partial charge on any atom is -0.336 e. The molecule has 0 fully saturated rings. The number of hydrogen-bond donors (Lipinski definition) is 1. The number of benzene rings is 1. The fraction of sp³-hybridized carbons (Fsp3) is 0.375. The molecule has 2 heterocycles. The number of likely N-dealkylation sites (N-methyl/N-ethyl adjacent to an activating group) is 1. The Hall–Kier alpha value is -1.37. The first kappa shape index (κ1) is 18.0. The van der Waals surface area contributed by atoms with E-state index in [1.54, 1.807) is 10.9 Å². The summed E-state index contributed by atoms with van der Waals surface area (Å²) in [6.45, 7) is 1.40. The van der Waals surface area contributed by atoms with Crippen LogP contribution >= 0.6 is 28.3 Å². The molecule has 1 amide bonds. The van der Waals surface area contributed by atoms with Crippen LogP contribution in [0, 0.1) is 0 Å². The maximum absolute atomic E-state index is 12.8. The number of carbonyl (C=O) groups is 1. The van der Waals surface area contributed by atoms with E-state index < -0.39 is 0 Å². The fourth-order valence-electron chi connectivity index (χ4n) is 2.96. The fourth-order valence-corrected chi connectivity index (χ4v) is 3.56. The molecule has 124 valence electrons. The van der Waals surface area contributed by atoms with Gasteiger partial charge in [-0.25, -0.2) is 0 Å². The average Bonchev–Trinajstić information content (AvgIpc) is 2.94. The lowest BCUT2D eigenvalue weighted by molar-refractivity contribution is -0.134. The molecular weight excluding hydrogens is 380 g/mol. The van der Waals surface area contributed by atoms with E-state index in [-0.39, 0.29) is 24.4 Å². The molecule has 0 radical (unpaired) electrons. The number of halogens is 2. The number of aromatic nitrogens is 2. The second-order valence-corrected chi connectivity index (χ2v) is 6.41. The van der Waals surface area contributed by atoms with E-state index in [0.29, 0.717) is 6.54 Å². The number of carbonyl (C=O) groups excluding carboxylic acids is 1. The van der Waals surface area contributed by atoms with E-state index in [1.165, 1.54) is 11.1 Å². The molecule has 0 bridgehead atoms. The molecule has 2 aromatic rings. The van der Waals surface area contributed by atoms with Gasteiger partial charge >= 0.3 is 0 Å². The zero-order valence-electron chi connectivity index (χ0n) is 13.1. The van der Waals surface area contributed by atoms with E-state index in [1.807, 2.05) is 31.3 Å². The molecule has 1 aliphatic heterocycles. The van der Waals surface area contributed by atoms with Crippen molar-refractivity contribution in [2.45, 2.75) is 19.0 Å². The van der Waals surface area contributed by atoms with Crippen LogP contribution in [0.4, 0.5) is 0 Å². The summed E-state index contributed by atoms with van der Waals surface area (Å²) in [7, 11) is 3.67. The third-order valence-corrected chi connectivity index (χ3v) is 4.86. The van der Waals surface area contributed by atoms with Crippen molar-refractivity contribution < 1.29 is 4.79 Å². The van der Waals surface area contributed by atoms with Crippen molar-refractivity contribution >= 4 is 34.2 Å². The quantitative estimate of drug-likeness (QED) is 0.862. The molecule has 5 nitrogen and oxygen atoms in total. The van der Waals surface area contributed by atoms with Gasteiger partial charge in [0.25, 0.3) is 0 Å². The minimum absolute atomic E-state index is 0. The third kappa shape index (κ3) is 3.59. The van der Waals surface area contributed by atoms with Gasteiger partial charge in [-0.3, -0.25) is 9.48 Å². The van der Waals surface area contributed by atoms with Crippen LogP contribution in [0.3, 0.4) is 0 Å². The van der Waals surface area contributed by atoms with Gasteiger partial charge in [-0.2, -0.15) is 5.10 Å². The van der Waals surface area contributed by atoms with Gasteiger partial charge < -0.3 is 10.2 Å². The number of fused-ring (bicyclic) bond motifs is 1. The molecule has 1 N–H and O–H groups in total. The molecule has 0 saturated carbocycles. The van der Waals surface area contributed by atoms with Crippen molar-refractivity contribution in [3.63, 3.8) is 0 Å². The normalized spacial score (nSPS) is 14.8. The first-order valence-corrected chi connectivity index (χ1v) is 8.10. The highest BCUT2D eigenvalue weighted by Gasteiger charge is 2.28. The summed E-state index contributed by atoms with van der Waals surface area (Å²) in [6.07, 6.45) is 4.51. The largest absolute Gasteiger partial charge is 0.336 e. The average molecular weight is 400 g/mol. The van der Waals surface area contributed by atoms with Crippen LogP contribution in [0.15, 0.2) is 35.1 Å². The Morgan fingerprint density at radius 2 is 2.22 bits per heavy atom. The first-order valence-electron chi connectivity index (χ1n) is 7.31. The number of aryl methyl sites for hydroxylation is 1. The second-order valence-electron chi connectivity index (χ2n) is 5.56. The lowest BCUT2D eigenvalue weighted by atomic mass is 9.98. The molecule has 3 rings (SSSR count). The van der Waals surface area contributed by atoms with Crippen LogP contribution in [0.5, 0.6) is 0 Å². The summed E-state index contributed by atoms with van der Waals surface area (Å²) in [5.41, 5.74) is 3.43. The minimum atomic E-state index is -0.345. The Labute approximate surface area is 150 Å². The molecule has 0 saturated heterocycles. The van der Waals surface area contributed by atoms with Crippen molar-refractivity contribution in [3.8, 4) is 0 Å². The zero-order valence-corrected chi connectivity index (χ0v) is 15.5. The molecule has 1 aliphatic rings. The molecule has 1 atom stereocenters. The lowest BCUT2D eigenvalue weighted by Crippen LogP contribution is -2.42. The Morgan fingerprint density at radius 3 is 2.87 bits per heavy atom. The Morgan fingerprint density at radius 1 is 1.43 bits per heavy atom. The van der Waals surface area contributed by atoms with Crippen molar-refractivity contribution in [2.24, 2.45) is 7.05 Å². The molecular formula is C16H20BrClN4O. The predicted octanol–water partition coefficient (Wildman–Crippen LogP) is 2.45. The maximum Gasteiger partial charge on any atom is 0.244 e. The molecule has 23 heavy (non-hydrogen) atoms. The summed E-state index contributed by atoms with van der Waals surface area (Å²) in [6, 6.07) is 5.83. The van der Waals surface area contributed by atoms with E-state index >= 15 is 0 Å². The van der Waals surface area contributed by atoms with Gasteiger partial charge in [0, 0.05) is 36.4 Å². The van der Waals surface area contributed by atoms with Crippen molar-refractivity contribution in [3.05, 3.63) is 51.8 Å². The van der Waals surface area contributed by atoms with Crippen LogP contribution in [-0.4, -0.2) is 34.2 Å². The van der Waals surface area contributed by atoms with Gasteiger partial charge in [0.1, 0.15) is 6.04 Å². The predicted molar refractivity (Wildman–Crippen MR) is 95.5 cm³/mol. The number of rotatable bonds is 3. The van der Waals surface area contributed by atoms with E-state index in [2.05, 4.69) is 38.5 Å². The standard InChI is InChI=1S/C16H19BrN4O.ClH/c1-18-15(12-8-19-20(2)9-12)16(22)21-7-6-13-11(10-21)4-3-5-14(13)17;/h3-5,8-9,15,18H,6-7,10H2,1-2H3;1H. The molecule has 0 aliphatic carbocycles. The molecule has 0 spiro atoms. The summed E-state index contributed by atoms with van der Waals surface area (Å²) < 4.78 is 2.85. The Balaban J connectivity index is 0.00000192. The molecule has 1 aromatic heterocycles. The monoisotopic (exact) mass is 398 g/mol. The summed E-state index contributed by atoms with van der Waals surface area (Å²) in [5.74, 6) is 0.0983. The SMILES string of the molecule is CNC(C(=O)N1CCc2c(Br)cccc2C1)c1cnn(C)c1.Cl.